The van der Waals surface area contributed by atoms with Crippen LogP contribution in [-0.2, 0) is 12.8 Å². The van der Waals surface area contributed by atoms with Crippen LogP contribution in [0.5, 0.6) is 5.75 Å². The van der Waals surface area contributed by atoms with Gasteiger partial charge >= 0.3 is 0 Å². The summed E-state index contributed by atoms with van der Waals surface area (Å²) in [5, 5.41) is 3.54. The molecule has 1 N–H and O–H groups in total. The van der Waals surface area contributed by atoms with Crippen LogP contribution in [-0.4, -0.2) is 19.7 Å². The van der Waals surface area contributed by atoms with Gasteiger partial charge in [-0.3, -0.25) is 0 Å². The lowest BCUT2D eigenvalue weighted by Gasteiger charge is -2.15. The van der Waals surface area contributed by atoms with E-state index >= 15 is 0 Å². The van der Waals surface area contributed by atoms with Gasteiger partial charge in [0, 0.05) is 10.9 Å². The molecule has 20 heavy (non-hydrogen) atoms. The fourth-order valence-electron chi connectivity index (χ4n) is 2.65. The average Bonchev–Trinajstić information content (AvgIpc) is 2.83. The number of benzene rings is 1. The maximum Gasteiger partial charge on any atom is 0.125 e. The Labute approximate surface area is 131 Å². The van der Waals surface area contributed by atoms with Crippen molar-refractivity contribution in [1.82, 2.24) is 5.32 Å². The standard InChI is InChI=1S/C17H26BrNO/c1-12(2)10-19-11-13(3)4-5-14-8-16(18)9-15-6-7-20-17(14)15/h8-9,12-13,19H,4-7,10-11H2,1-3H3. The predicted molar refractivity (Wildman–Crippen MR) is 88.5 cm³/mol. The third-order valence-corrected chi connectivity index (χ3v) is 4.24. The van der Waals surface area contributed by atoms with Crippen molar-refractivity contribution in [3.05, 3.63) is 27.7 Å². The molecule has 3 heteroatoms. The van der Waals surface area contributed by atoms with Crippen LogP contribution in [0.3, 0.4) is 0 Å². The van der Waals surface area contributed by atoms with Gasteiger partial charge in [-0.05, 0) is 61.0 Å². The van der Waals surface area contributed by atoms with Gasteiger partial charge in [-0.1, -0.05) is 36.7 Å². The zero-order chi connectivity index (χ0) is 14.5. The average molecular weight is 340 g/mol. The van der Waals surface area contributed by atoms with Gasteiger partial charge in [0.15, 0.2) is 0 Å². The van der Waals surface area contributed by atoms with E-state index in [9.17, 15) is 0 Å². The summed E-state index contributed by atoms with van der Waals surface area (Å²) in [4.78, 5) is 0. The van der Waals surface area contributed by atoms with Crippen molar-refractivity contribution in [1.29, 1.82) is 0 Å². The van der Waals surface area contributed by atoms with Crippen molar-refractivity contribution in [2.45, 2.75) is 40.0 Å². The molecule has 0 saturated heterocycles. The van der Waals surface area contributed by atoms with Crippen molar-refractivity contribution in [3.8, 4) is 5.75 Å². The van der Waals surface area contributed by atoms with Crippen LogP contribution in [0.1, 0.15) is 38.3 Å². The second-order valence-corrected chi connectivity index (χ2v) is 7.26. The maximum atomic E-state index is 5.79. The first-order valence-electron chi connectivity index (χ1n) is 7.71. The third kappa shape index (κ3) is 4.49. The van der Waals surface area contributed by atoms with Gasteiger partial charge in [0.1, 0.15) is 5.75 Å². The van der Waals surface area contributed by atoms with Crippen molar-refractivity contribution in [3.63, 3.8) is 0 Å². The summed E-state index contributed by atoms with van der Waals surface area (Å²) in [5.74, 6) is 2.57. The zero-order valence-corrected chi connectivity index (χ0v) is 14.4. The fraction of sp³-hybridized carbons (Fsp3) is 0.647. The highest BCUT2D eigenvalue weighted by Gasteiger charge is 2.17. The molecule has 112 valence electrons. The molecule has 0 aromatic heterocycles. The van der Waals surface area contributed by atoms with Crippen LogP contribution in [0.4, 0.5) is 0 Å². The lowest BCUT2D eigenvalue weighted by atomic mass is 9.98. The summed E-state index contributed by atoms with van der Waals surface area (Å²) < 4.78 is 6.98. The zero-order valence-electron chi connectivity index (χ0n) is 12.8. The minimum Gasteiger partial charge on any atom is -0.493 e. The minimum absolute atomic E-state index is 0.699. The molecule has 1 aromatic rings. The third-order valence-electron chi connectivity index (χ3n) is 3.78. The number of hydrogen-bond donors (Lipinski definition) is 1. The van der Waals surface area contributed by atoms with Crippen LogP contribution in [0.15, 0.2) is 16.6 Å². The summed E-state index contributed by atoms with van der Waals surface area (Å²) >= 11 is 3.61. The molecule has 0 fully saturated rings. The number of ether oxygens (including phenoxy) is 1. The van der Waals surface area contributed by atoms with Crippen LogP contribution in [0.25, 0.3) is 0 Å². The second kappa shape index (κ2) is 7.46. The first kappa shape index (κ1) is 15.8. The molecule has 0 aliphatic carbocycles. The van der Waals surface area contributed by atoms with E-state index in [1.807, 2.05) is 0 Å². The Balaban J connectivity index is 1.85. The van der Waals surface area contributed by atoms with Crippen LogP contribution >= 0.6 is 15.9 Å². The molecule has 1 aliphatic rings. The number of hydrogen-bond acceptors (Lipinski definition) is 2. The number of aryl methyl sites for hydroxylation is 1. The van der Waals surface area contributed by atoms with E-state index in [4.69, 9.17) is 4.74 Å². The number of halogens is 1. The molecule has 0 spiro atoms. The summed E-state index contributed by atoms with van der Waals surface area (Å²) in [6.45, 7) is 9.88. The number of rotatable bonds is 7. The van der Waals surface area contributed by atoms with Gasteiger partial charge in [0.05, 0.1) is 6.61 Å². The van der Waals surface area contributed by atoms with E-state index in [0.29, 0.717) is 5.92 Å². The quantitative estimate of drug-likeness (QED) is 0.803. The SMILES string of the molecule is CC(C)CNCC(C)CCc1cc(Br)cc2c1OCC2. The Kier molecular flexibility index (Phi) is 5.91. The molecule has 0 saturated carbocycles. The Morgan fingerprint density at radius 3 is 2.80 bits per heavy atom. The molecule has 1 heterocycles. The Bertz CT molecular complexity index is 445. The molecule has 2 rings (SSSR count). The van der Waals surface area contributed by atoms with Gasteiger partial charge in [0.25, 0.3) is 0 Å². The van der Waals surface area contributed by atoms with Crippen molar-refractivity contribution >= 4 is 15.9 Å². The highest BCUT2D eigenvalue weighted by Crippen LogP contribution is 2.34. The fourth-order valence-corrected chi connectivity index (χ4v) is 3.21. The lowest BCUT2D eigenvalue weighted by Crippen LogP contribution is -2.25. The van der Waals surface area contributed by atoms with Crippen molar-refractivity contribution in [2.75, 3.05) is 19.7 Å². The normalized spacial score (nSPS) is 15.2. The monoisotopic (exact) mass is 339 g/mol. The Morgan fingerprint density at radius 1 is 1.25 bits per heavy atom. The maximum absolute atomic E-state index is 5.79. The predicted octanol–water partition coefficient (Wildman–Crippen LogP) is 4.20. The molecule has 1 aliphatic heterocycles. The minimum atomic E-state index is 0.699. The first-order valence-corrected chi connectivity index (χ1v) is 8.50. The molecular weight excluding hydrogens is 314 g/mol. The van der Waals surface area contributed by atoms with Crippen molar-refractivity contribution in [2.24, 2.45) is 11.8 Å². The van der Waals surface area contributed by atoms with Gasteiger partial charge in [-0.15, -0.1) is 0 Å². The second-order valence-electron chi connectivity index (χ2n) is 6.35. The van der Waals surface area contributed by atoms with Gasteiger partial charge in [0.2, 0.25) is 0 Å². The van der Waals surface area contributed by atoms with Gasteiger partial charge < -0.3 is 10.1 Å². The summed E-state index contributed by atoms with van der Waals surface area (Å²) in [7, 11) is 0. The van der Waals surface area contributed by atoms with E-state index in [2.05, 4.69) is 54.2 Å². The smallest absolute Gasteiger partial charge is 0.125 e. The first-order chi connectivity index (χ1) is 9.56. The lowest BCUT2D eigenvalue weighted by molar-refractivity contribution is 0.352. The Hall–Kier alpha value is -0.540. The molecule has 2 nitrogen and oxygen atoms in total. The molecular formula is C17H26BrNO. The molecule has 0 bridgehead atoms. The Morgan fingerprint density at radius 2 is 2.05 bits per heavy atom. The van der Waals surface area contributed by atoms with E-state index in [0.717, 1.165) is 44.2 Å². The van der Waals surface area contributed by atoms with E-state index < -0.39 is 0 Å². The molecule has 1 aromatic carbocycles. The topological polar surface area (TPSA) is 21.3 Å². The summed E-state index contributed by atoms with van der Waals surface area (Å²) in [5.41, 5.74) is 2.72. The van der Waals surface area contributed by atoms with Gasteiger partial charge in [-0.25, -0.2) is 0 Å². The van der Waals surface area contributed by atoms with E-state index in [-0.39, 0.29) is 0 Å². The molecule has 1 unspecified atom stereocenters. The molecule has 0 radical (unpaired) electrons. The number of nitrogens with one attached hydrogen (secondary N) is 1. The summed E-state index contributed by atoms with van der Waals surface area (Å²) in [6.07, 6.45) is 3.36. The number of fused-ring (bicyclic) bond motifs is 1. The highest BCUT2D eigenvalue weighted by molar-refractivity contribution is 9.10. The van der Waals surface area contributed by atoms with Gasteiger partial charge in [-0.2, -0.15) is 0 Å². The van der Waals surface area contributed by atoms with Crippen LogP contribution in [0, 0.1) is 11.8 Å². The molecule has 0 amide bonds. The summed E-state index contributed by atoms with van der Waals surface area (Å²) in [6, 6.07) is 4.41. The van der Waals surface area contributed by atoms with E-state index in [1.54, 1.807) is 0 Å². The van der Waals surface area contributed by atoms with Crippen molar-refractivity contribution < 1.29 is 4.74 Å². The molecule has 1 atom stereocenters. The largest absolute Gasteiger partial charge is 0.493 e. The van der Waals surface area contributed by atoms with E-state index in [1.165, 1.54) is 22.0 Å². The van der Waals surface area contributed by atoms with Crippen LogP contribution in [0.2, 0.25) is 0 Å². The highest BCUT2D eigenvalue weighted by atomic mass is 79.9. The van der Waals surface area contributed by atoms with Crippen LogP contribution < -0.4 is 10.1 Å².